The average molecular weight is 369 g/mol. The molecule has 0 heterocycles. The minimum atomic E-state index is 0.162. The van der Waals surface area contributed by atoms with Gasteiger partial charge in [-0.2, -0.15) is 0 Å². The average Bonchev–Trinajstić information content (AvgIpc) is 2.47. The van der Waals surface area contributed by atoms with Crippen LogP contribution >= 0.6 is 27.5 Å². The molecule has 0 saturated carbocycles. The van der Waals surface area contributed by atoms with Crippen molar-refractivity contribution in [3.63, 3.8) is 0 Å². The monoisotopic (exact) mass is 367 g/mol. The largest absolute Gasteiger partial charge is 0.493 e. The molecule has 0 aliphatic carbocycles. The summed E-state index contributed by atoms with van der Waals surface area (Å²) < 4.78 is 6.28. The van der Waals surface area contributed by atoms with Gasteiger partial charge in [0.15, 0.2) is 5.75 Å². The second-order valence-electron chi connectivity index (χ2n) is 4.93. The van der Waals surface area contributed by atoms with Gasteiger partial charge in [0.25, 0.3) is 0 Å². The molecule has 0 aliphatic heterocycles. The van der Waals surface area contributed by atoms with Crippen LogP contribution in [-0.2, 0) is 6.42 Å². The molecule has 0 fully saturated rings. The van der Waals surface area contributed by atoms with Crippen molar-refractivity contribution in [2.45, 2.75) is 26.3 Å². The lowest BCUT2D eigenvalue weighted by Gasteiger charge is -2.19. The minimum Gasteiger partial charge on any atom is -0.493 e. The highest BCUT2D eigenvalue weighted by Crippen LogP contribution is 2.37. The maximum atomic E-state index is 6.12. The number of rotatable bonds is 5. The van der Waals surface area contributed by atoms with Crippen LogP contribution in [0.15, 0.2) is 40.9 Å². The molecule has 2 rings (SSSR count). The predicted molar refractivity (Wildman–Crippen MR) is 93.6 cm³/mol. The normalized spacial score (nSPS) is 12.0. The van der Waals surface area contributed by atoms with Crippen LogP contribution in [-0.4, -0.2) is 7.11 Å². The van der Waals surface area contributed by atoms with Gasteiger partial charge in [0.2, 0.25) is 0 Å². The Balaban J connectivity index is 2.24. The van der Waals surface area contributed by atoms with E-state index in [0.29, 0.717) is 5.02 Å². The van der Waals surface area contributed by atoms with Crippen molar-refractivity contribution >= 4 is 33.2 Å². The summed E-state index contributed by atoms with van der Waals surface area (Å²) in [7, 11) is 1.65. The van der Waals surface area contributed by atoms with E-state index in [1.165, 1.54) is 11.1 Å². The Morgan fingerprint density at radius 3 is 2.48 bits per heavy atom. The van der Waals surface area contributed by atoms with Crippen LogP contribution < -0.4 is 10.1 Å². The minimum absolute atomic E-state index is 0.162. The SMILES string of the molecule is CCc1ccc(C(C)Nc2cc(Cl)cc(Br)c2OC)cc1. The third-order valence-electron chi connectivity index (χ3n) is 3.47. The molecule has 1 unspecified atom stereocenters. The van der Waals surface area contributed by atoms with Crippen LogP contribution in [0.5, 0.6) is 5.75 Å². The van der Waals surface area contributed by atoms with Crippen molar-refractivity contribution in [1.29, 1.82) is 0 Å². The maximum absolute atomic E-state index is 6.12. The van der Waals surface area contributed by atoms with E-state index >= 15 is 0 Å². The summed E-state index contributed by atoms with van der Waals surface area (Å²) in [6, 6.07) is 12.5. The fraction of sp³-hybridized carbons (Fsp3) is 0.294. The Hall–Kier alpha value is -1.19. The standard InChI is InChI=1S/C17H19BrClNO/c1-4-12-5-7-13(8-6-12)11(2)20-16-10-14(19)9-15(18)17(16)21-3/h5-11,20H,4H2,1-3H3. The molecule has 0 saturated heterocycles. The van der Waals surface area contributed by atoms with E-state index in [0.717, 1.165) is 22.3 Å². The summed E-state index contributed by atoms with van der Waals surface area (Å²) in [6.45, 7) is 4.28. The van der Waals surface area contributed by atoms with Crippen molar-refractivity contribution in [2.75, 3.05) is 12.4 Å². The molecule has 0 radical (unpaired) electrons. The quantitative estimate of drug-likeness (QED) is 0.715. The first-order chi connectivity index (χ1) is 10.0. The van der Waals surface area contributed by atoms with E-state index in [1.807, 2.05) is 12.1 Å². The Morgan fingerprint density at radius 1 is 1.24 bits per heavy atom. The number of ether oxygens (including phenoxy) is 1. The highest BCUT2D eigenvalue weighted by molar-refractivity contribution is 9.10. The van der Waals surface area contributed by atoms with Gasteiger partial charge in [-0.25, -0.2) is 0 Å². The van der Waals surface area contributed by atoms with E-state index in [-0.39, 0.29) is 6.04 Å². The maximum Gasteiger partial charge on any atom is 0.156 e. The number of anilines is 1. The molecule has 1 atom stereocenters. The second kappa shape index (κ2) is 7.19. The zero-order valence-electron chi connectivity index (χ0n) is 12.4. The number of aryl methyl sites for hydroxylation is 1. The highest BCUT2D eigenvalue weighted by atomic mass is 79.9. The lowest BCUT2D eigenvalue weighted by Crippen LogP contribution is -2.08. The third kappa shape index (κ3) is 3.92. The Kier molecular flexibility index (Phi) is 5.54. The zero-order chi connectivity index (χ0) is 15.4. The van der Waals surface area contributed by atoms with Gasteiger partial charge in [-0.3, -0.25) is 0 Å². The van der Waals surface area contributed by atoms with E-state index in [1.54, 1.807) is 7.11 Å². The van der Waals surface area contributed by atoms with Gasteiger partial charge >= 0.3 is 0 Å². The molecule has 2 nitrogen and oxygen atoms in total. The van der Waals surface area contributed by atoms with E-state index in [2.05, 4.69) is 59.4 Å². The van der Waals surface area contributed by atoms with Crippen molar-refractivity contribution in [3.05, 3.63) is 57.0 Å². The van der Waals surface area contributed by atoms with Gasteiger partial charge in [0.05, 0.1) is 17.3 Å². The van der Waals surface area contributed by atoms with Crippen molar-refractivity contribution in [1.82, 2.24) is 0 Å². The molecule has 0 bridgehead atoms. The van der Waals surface area contributed by atoms with Gasteiger partial charge in [0.1, 0.15) is 0 Å². The van der Waals surface area contributed by atoms with E-state index in [9.17, 15) is 0 Å². The third-order valence-corrected chi connectivity index (χ3v) is 4.28. The van der Waals surface area contributed by atoms with E-state index in [4.69, 9.17) is 16.3 Å². The van der Waals surface area contributed by atoms with E-state index < -0.39 is 0 Å². The molecule has 0 spiro atoms. The van der Waals surface area contributed by atoms with Gasteiger partial charge in [-0.1, -0.05) is 42.8 Å². The first-order valence-corrected chi connectivity index (χ1v) is 8.10. The van der Waals surface area contributed by atoms with Gasteiger partial charge in [-0.15, -0.1) is 0 Å². The van der Waals surface area contributed by atoms with Crippen LogP contribution in [0.1, 0.15) is 31.0 Å². The van der Waals surface area contributed by atoms with Crippen LogP contribution in [0, 0.1) is 0 Å². The number of hydrogen-bond acceptors (Lipinski definition) is 2. The molecular formula is C17H19BrClNO. The first kappa shape index (κ1) is 16.2. The lowest BCUT2D eigenvalue weighted by atomic mass is 10.0. The predicted octanol–water partition coefficient (Wildman–Crippen LogP) is 5.85. The molecule has 112 valence electrons. The number of hydrogen-bond donors (Lipinski definition) is 1. The van der Waals surface area contributed by atoms with Crippen LogP contribution in [0.4, 0.5) is 5.69 Å². The number of nitrogens with one attached hydrogen (secondary N) is 1. The van der Waals surface area contributed by atoms with Crippen LogP contribution in [0.25, 0.3) is 0 Å². The molecule has 21 heavy (non-hydrogen) atoms. The molecule has 0 aliphatic rings. The number of halogens is 2. The zero-order valence-corrected chi connectivity index (χ0v) is 14.8. The highest BCUT2D eigenvalue weighted by Gasteiger charge is 2.13. The van der Waals surface area contributed by atoms with Gasteiger partial charge in [0, 0.05) is 11.1 Å². The lowest BCUT2D eigenvalue weighted by molar-refractivity contribution is 0.413. The summed E-state index contributed by atoms with van der Waals surface area (Å²) in [5.41, 5.74) is 3.45. The van der Waals surface area contributed by atoms with Crippen LogP contribution in [0.2, 0.25) is 5.02 Å². The summed E-state index contributed by atoms with van der Waals surface area (Å²) in [6.07, 6.45) is 1.05. The summed E-state index contributed by atoms with van der Waals surface area (Å²) in [5.74, 6) is 0.761. The molecule has 0 aromatic heterocycles. The van der Waals surface area contributed by atoms with Crippen molar-refractivity contribution in [2.24, 2.45) is 0 Å². The molecule has 0 amide bonds. The van der Waals surface area contributed by atoms with Crippen molar-refractivity contribution < 1.29 is 4.74 Å². The first-order valence-electron chi connectivity index (χ1n) is 6.93. The summed E-state index contributed by atoms with van der Waals surface area (Å²) in [5, 5.41) is 4.12. The fourth-order valence-electron chi connectivity index (χ4n) is 2.23. The van der Waals surface area contributed by atoms with Crippen LogP contribution in [0.3, 0.4) is 0 Å². The second-order valence-corrected chi connectivity index (χ2v) is 6.22. The Labute approximate surface area is 139 Å². The molecular weight excluding hydrogens is 350 g/mol. The Bertz CT molecular complexity index is 613. The number of benzene rings is 2. The molecule has 2 aromatic rings. The molecule has 1 N–H and O–H groups in total. The van der Waals surface area contributed by atoms with Crippen molar-refractivity contribution in [3.8, 4) is 5.75 Å². The van der Waals surface area contributed by atoms with Gasteiger partial charge in [-0.05, 0) is 52.5 Å². The molecule has 2 aromatic carbocycles. The molecule has 4 heteroatoms. The van der Waals surface area contributed by atoms with Gasteiger partial charge < -0.3 is 10.1 Å². The topological polar surface area (TPSA) is 21.3 Å². The Morgan fingerprint density at radius 2 is 1.90 bits per heavy atom. The summed E-state index contributed by atoms with van der Waals surface area (Å²) >= 11 is 9.60. The smallest absolute Gasteiger partial charge is 0.156 e. The summed E-state index contributed by atoms with van der Waals surface area (Å²) in [4.78, 5) is 0. The number of methoxy groups -OCH3 is 1. The fourth-order valence-corrected chi connectivity index (χ4v) is 3.21.